The minimum absolute atomic E-state index is 0.115. The second kappa shape index (κ2) is 9.41. The van der Waals surface area contributed by atoms with Crippen LogP contribution in [0.25, 0.3) is 0 Å². The number of carbonyl (C=O) groups excluding carboxylic acids is 1. The van der Waals surface area contributed by atoms with Crippen LogP contribution in [-0.4, -0.2) is 106 Å². The molecule has 0 aromatic carbocycles. The van der Waals surface area contributed by atoms with E-state index in [2.05, 4.69) is 0 Å². The third-order valence-electron chi connectivity index (χ3n) is 5.84. The molecule has 0 saturated carbocycles. The summed E-state index contributed by atoms with van der Waals surface area (Å²) < 4.78 is 60.7. The zero-order valence-electron chi connectivity index (χ0n) is 17.3. The van der Waals surface area contributed by atoms with Crippen molar-refractivity contribution in [3.63, 3.8) is 0 Å². The van der Waals surface area contributed by atoms with Gasteiger partial charge in [-0.1, -0.05) is 0 Å². The first-order chi connectivity index (χ1) is 14.8. The molecule has 0 atom stereocenters. The molecular weight excluding hydrogens is 464 g/mol. The Labute approximate surface area is 187 Å². The molecule has 3 aliphatic rings. The van der Waals surface area contributed by atoms with Crippen LogP contribution in [0, 0.1) is 0 Å². The Kier molecular flexibility index (Phi) is 7.01. The van der Waals surface area contributed by atoms with Crippen molar-refractivity contribution in [1.82, 2.24) is 17.8 Å². The summed E-state index contributed by atoms with van der Waals surface area (Å²) >= 11 is 1.14. The molecule has 3 aliphatic heterocycles. The Morgan fingerprint density at radius 3 is 2.10 bits per heavy atom. The Morgan fingerprint density at radius 1 is 0.839 bits per heavy atom. The van der Waals surface area contributed by atoms with Crippen LogP contribution in [0.1, 0.15) is 17.7 Å². The molecule has 0 radical (unpaired) electrons. The van der Waals surface area contributed by atoms with E-state index < -0.39 is 20.2 Å². The maximum Gasteiger partial charge on any atom is 0.282 e. The van der Waals surface area contributed by atoms with Crippen LogP contribution >= 0.6 is 11.3 Å². The van der Waals surface area contributed by atoms with Crippen LogP contribution in [-0.2, 0) is 36.2 Å². The first-order valence-electron chi connectivity index (χ1n) is 10.5. The zero-order chi connectivity index (χ0) is 22.1. The van der Waals surface area contributed by atoms with Crippen molar-refractivity contribution in [3.8, 4) is 0 Å². The molecule has 13 heteroatoms. The standard InChI is InChI=1S/C18H28N4O6S3/c23-17(15-16-3-4-18(29-16)30(24,25)20-5-1-2-6-20)19-7-9-21(10-8-19)31(26,27)22-11-13-28-14-12-22/h3-4H,1-2,5-15H2. The first kappa shape index (κ1) is 23.1. The molecule has 0 N–H and O–H groups in total. The molecule has 0 unspecified atom stereocenters. The van der Waals surface area contributed by atoms with Gasteiger partial charge in [0.25, 0.3) is 20.2 Å². The molecule has 1 amide bonds. The minimum Gasteiger partial charge on any atom is -0.379 e. The van der Waals surface area contributed by atoms with Gasteiger partial charge in [0.1, 0.15) is 4.21 Å². The highest BCUT2D eigenvalue weighted by Gasteiger charge is 2.34. The third kappa shape index (κ3) is 4.97. The lowest BCUT2D eigenvalue weighted by Gasteiger charge is -2.37. The number of morpholine rings is 1. The van der Waals surface area contributed by atoms with E-state index in [0.717, 1.165) is 24.2 Å². The SMILES string of the molecule is O=C(Cc1ccc(S(=O)(=O)N2CCCC2)s1)N1CCN(S(=O)(=O)N2CCOCC2)CC1. The van der Waals surface area contributed by atoms with Crippen LogP contribution in [0.5, 0.6) is 0 Å². The van der Waals surface area contributed by atoms with E-state index in [-0.39, 0.29) is 29.6 Å². The summed E-state index contributed by atoms with van der Waals surface area (Å²) in [6.07, 6.45) is 1.88. The lowest BCUT2D eigenvalue weighted by atomic mass is 10.3. The van der Waals surface area contributed by atoms with E-state index in [4.69, 9.17) is 4.74 Å². The van der Waals surface area contributed by atoms with E-state index in [1.165, 1.54) is 12.9 Å². The summed E-state index contributed by atoms with van der Waals surface area (Å²) in [6.45, 7) is 3.75. The minimum atomic E-state index is -3.53. The number of nitrogens with zero attached hydrogens (tertiary/aromatic N) is 4. The number of rotatable bonds is 6. The number of ether oxygens (including phenoxy) is 1. The van der Waals surface area contributed by atoms with Crippen molar-refractivity contribution < 1.29 is 26.4 Å². The Hall–Kier alpha value is -1.09. The lowest BCUT2D eigenvalue weighted by molar-refractivity contribution is -0.131. The van der Waals surface area contributed by atoms with Crippen LogP contribution in [0.15, 0.2) is 16.3 Å². The number of thiophene rings is 1. The summed E-state index contributed by atoms with van der Waals surface area (Å²) in [5, 5.41) is 0. The molecular formula is C18H28N4O6S3. The molecule has 174 valence electrons. The summed E-state index contributed by atoms with van der Waals surface area (Å²) in [6, 6.07) is 3.28. The van der Waals surface area contributed by atoms with Crippen LogP contribution in [0.4, 0.5) is 0 Å². The fourth-order valence-electron chi connectivity index (χ4n) is 4.02. The predicted octanol–water partition coefficient (Wildman–Crippen LogP) is -0.204. The second-order valence-electron chi connectivity index (χ2n) is 7.81. The van der Waals surface area contributed by atoms with E-state index >= 15 is 0 Å². The van der Waals surface area contributed by atoms with E-state index in [1.807, 2.05) is 0 Å². The van der Waals surface area contributed by atoms with E-state index in [0.29, 0.717) is 57.4 Å². The average molecular weight is 493 g/mol. The fourth-order valence-corrected chi connectivity index (χ4v) is 8.60. The van der Waals surface area contributed by atoms with Gasteiger partial charge >= 0.3 is 0 Å². The van der Waals surface area contributed by atoms with Crippen LogP contribution < -0.4 is 0 Å². The Morgan fingerprint density at radius 2 is 1.45 bits per heavy atom. The monoisotopic (exact) mass is 492 g/mol. The molecule has 0 bridgehead atoms. The summed E-state index contributed by atoms with van der Waals surface area (Å²) in [5.41, 5.74) is 0. The average Bonchev–Trinajstić information content (AvgIpc) is 3.47. The van der Waals surface area contributed by atoms with Crippen molar-refractivity contribution in [2.75, 3.05) is 65.6 Å². The van der Waals surface area contributed by atoms with Gasteiger partial charge < -0.3 is 9.64 Å². The third-order valence-corrected chi connectivity index (χ3v) is 11.3. The van der Waals surface area contributed by atoms with Gasteiger partial charge in [-0.05, 0) is 25.0 Å². The fraction of sp³-hybridized carbons (Fsp3) is 0.722. The van der Waals surface area contributed by atoms with Gasteiger partial charge in [-0.15, -0.1) is 11.3 Å². The van der Waals surface area contributed by atoms with E-state index in [1.54, 1.807) is 17.0 Å². The summed E-state index contributed by atoms with van der Waals surface area (Å²) in [4.78, 5) is 15.1. The largest absolute Gasteiger partial charge is 0.379 e. The van der Waals surface area contributed by atoms with Crippen molar-refractivity contribution >= 4 is 37.5 Å². The lowest BCUT2D eigenvalue weighted by Crippen LogP contribution is -2.55. The normalized spacial score (nSPS) is 22.8. The molecule has 3 saturated heterocycles. The number of hydrogen-bond donors (Lipinski definition) is 0. The molecule has 10 nitrogen and oxygen atoms in total. The quantitative estimate of drug-likeness (QED) is 0.544. The Balaban J connectivity index is 1.32. The summed E-state index contributed by atoms with van der Waals surface area (Å²) in [7, 11) is -7.01. The van der Waals surface area contributed by atoms with Crippen LogP contribution in [0.2, 0.25) is 0 Å². The van der Waals surface area contributed by atoms with Crippen molar-refractivity contribution in [1.29, 1.82) is 0 Å². The van der Waals surface area contributed by atoms with E-state index in [9.17, 15) is 21.6 Å². The number of hydrogen-bond acceptors (Lipinski definition) is 7. The maximum absolute atomic E-state index is 12.7. The Bertz CT molecular complexity index is 989. The number of carbonyl (C=O) groups is 1. The van der Waals surface area contributed by atoms with Gasteiger partial charge in [0.05, 0.1) is 19.6 Å². The molecule has 0 spiro atoms. The van der Waals surface area contributed by atoms with Gasteiger partial charge in [-0.25, -0.2) is 8.42 Å². The van der Waals surface area contributed by atoms with Crippen molar-refractivity contribution in [2.24, 2.45) is 0 Å². The molecule has 4 heterocycles. The maximum atomic E-state index is 12.7. The van der Waals surface area contributed by atoms with Gasteiger partial charge in [-0.3, -0.25) is 4.79 Å². The highest BCUT2D eigenvalue weighted by molar-refractivity contribution is 7.91. The molecule has 1 aromatic heterocycles. The second-order valence-corrected chi connectivity index (χ2v) is 13.1. The summed E-state index contributed by atoms with van der Waals surface area (Å²) in [5.74, 6) is -0.115. The molecule has 4 rings (SSSR count). The number of amides is 1. The van der Waals surface area contributed by atoms with Gasteiger partial charge in [0.15, 0.2) is 0 Å². The highest BCUT2D eigenvalue weighted by atomic mass is 32.2. The van der Waals surface area contributed by atoms with Crippen molar-refractivity contribution in [2.45, 2.75) is 23.5 Å². The van der Waals surface area contributed by atoms with Gasteiger partial charge in [0, 0.05) is 57.2 Å². The zero-order valence-corrected chi connectivity index (χ0v) is 19.8. The number of sulfonamides is 1. The molecule has 1 aromatic rings. The van der Waals surface area contributed by atoms with Crippen LogP contribution in [0.3, 0.4) is 0 Å². The molecule has 31 heavy (non-hydrogen) atoms. The predicted molar refractivity (Wildman–Crippen MR) is 115 cm³/mol. The van der Waals surface area contributed by atoms with Gasteiger partial charge in [-0.2, -0.15) is 21.3 Å². The highest BCUT2D eigenvalue weighted by Crippen LogP contribution is 2.28. The first-order valence-corrected chi connectivity index (χ1v) is 14.1. The van der Waals surface area contributed by atoms with Crippen molar-refractivity contribution in [3.05, 3.63) is 17.0 Å². The topological polar surface area (TPSA) is 108 Å². The smallest absolute Gasteiger partial charge is 0.282 e. The van der Waals surface area contributed by atoms with Gasteiger partial charge in [0.2, 0.25) is 5.91 Å². The molecule has 0 aliphatic carbocycles. The molecule has 3 fully saturated rings. The number of piperazine rings is 1.